The van der Waals surface area contributed by atoms with Gasteiger partial charge in [0, 0.05) is 0 Å². The number of nitrogens with zero attached hydrogens (tertiary/aromatic N) is 3. The molecule has 1 heterocycles. The summed E-state index contributed by atoms with van der Waals surface area (Å²) in [6.45, 7) is -0.643. The van der Waals surface area contributed by atoms with Crippen molar-refractivity contribution >= 4 is 17.0 Å². The van der Waals surface area contributed by atoms with Gasteiger partial charge in [0.15, 0.2) is 0 Å². The number of aromatic nitrogens is 2. The number of carbonyl (C=O) groups is 1. The van der Waals surface area contributed by atoms with Gasteiger partial charge in [-0.2, -0.15) is 18.4 Å². The van der Waals surface area contributed by atoms with Gasteiger partial charge in [0.1, 0.15) is 12.3 Å². The van der Waals surface area contributed by atoms with Gasteiger partial charge < -0.3 is 9.30 Å². The molecule has 1 aromatic heterocycles. The summed E-state index contributed by atoms with van der Waals surface area (Å²) in [7, 11) is 0. The molecular weight excluding hydrogens is 335 g/mol. The molecule has 0 N–H and O–H groups in total. The second kappa shape index (κ2) is 6.28. The second-order valence-corrected chi connectivity index (χ2v) is 5.12. The lowest BCUT2D eigenvalue weighted by Crippen LogP contribution is -2.22. The predicted octanol–water partition coefficient (Wildman–Crippen LogP) is 3.53. The minimum Gasteiger partial charge on any atom is -0.425 e. The van der Waals surface area contributed by atoms with E-state index in [9.17, 15) is 18.0 Å². The Labute approximate surface area is 139 Å². The summed E-state index contributed by atoms with van der Waals surface area (Å²) in [5.41, 5.74) is 0.701. The summed E-state index contributed by atoms with van der Waals surface area (Å²) in [6.07, 6.45) is -4.70. The van der Waals surface area contributed by atoms with Crippen molar-refractivity contribution in [3.8, 4) is 11.8 Å². The summed E-state index contributed by atoms with van der Waals surface area (Å²) in [4.78, 5) is 15.6. The molecule has 0 saturated carbocycles. The Morgan fingerprint density at radius 2 is 1.84 bits per heavy atom. The van der Waals surface area contributed by atoms with Gasteiger partial charge in [-0.1, -0.05) is 12.1 Å². The van der Waals surface area contributed by atoms with E-state index in [1.54, 1.807) is 12.1 Å². The van der Waals surface area contributed by atoms with E-state index in [0.29, 0.717) is 5.56 Å². The predicted molar refractivity (Wildman–Crippen MR) is 81.5 cm³/mol. The smallest absolute Gasteiger partial charge is 0.425 e. The zero-order valence-electron chi connectivity index (χ0n) is 12.6. The number of halogens is 3. The molecule has 0 radical (unpaired) electrons. The topological polar surface area (TPSA) is 67.9 Å². The van der Waals surface area contributed by atoms with Crippen molar-refractivity contribution in [3.05, 3.63) is 59.9 Å². The molecule has 5 nitrogen and oxygen atoms in total. The van der Waals surface area contributed by atoms with Gasteiger partial charge in [-0.3, -0.25) is 0 Å². The highest BCUT2D eigenvalue weighted by Crippen LogP contribution is 2.31. The Hall–Kier alpha value is -3.34. The van der Waals surface area contributed by atoms with Gasteiger partial charge in [-0.15, -0.1) is 0 Å². The Balaban J connectivity index is 1.88. The minimum absolute atomic E-state index is 0.140. The molecule has 126 valence electrons. The summed E-state index contributed by atoms with van der Waals surface area (Å²) in [6, 6.07) is 13.6. The van der Waals surface area contributed by atoms with Crippen molar-refractivity contribution in [3.63, 3.8) is 0 Å². The fraction of sp³-hybridized carbons (Fsp3) is 0.118. The van der Waals surface area contributed by atoms with E-state index in [4.69, 9.17) is 10.00 Å². The first-order valence-corrected chi connectivity index (χ1v) is 7.12. The SMILES string of the molecule is N#Cc1ccc(OC(=O)Cn2c(C(F)(F)F)nc3ccccc32)cc1. The largest absolute Gasteiger partial charge is 0.449 e. The number of alkyl halides is 3. The number of ether oxygens (including phenoxy) is 1. The summed E-state index contributed by atoms with van der Waals surface area (Å²) in [5, 5.41) is 8.71. The number of hydrogen-bond donors (Lipinski definition) is 0. The van der Waals surface area contributed by atoms with Crippen LogP contribution in [0.25, 0.3) is 11.0 Å². The van der Waals surface area contributed by atoms with Crippen LogP contribution in [-0.4, -0.2) is 15.5 Å². The maximum absolute atomic E-state index is 13.2. The first-order valence-electron chi connectivity index (χ1n) is 7.12. The molecule has 0 spiro atoms. The summed E-state index contributed by atoms with van der Waals surface area (Å²) < 4.78 is 45.4. The van der Waals surface area contributed by atoms with Gasteiger partial charge in [0.2, 0.25) is 5.82 Å². The highest BCUT2D eigenvalue weighted by Gasteiger charge is 2.38. The number of fused-ring (bicyclic) bond motifs is 1. The van der Waals surface area contributed by atoms with Crippen molar-refractivity contribution in [1.29, 1.82) is 5.26 Å². The molecule has 0 saturated heterocycles. The van der Waals surface area contributed by atoms with Crippen LogP contribution in [0, 0.1) is 11.3 Å². The third-order valence-electron chi connectivity index (χ3n) is 3.41. The number of rotatable bonds is 3. The van der Waals surface area contributed by atoms with E-state index in [1.165, 1.54) is 36.4 Å². The molecule has 8 heteroatoms. The van der Waals surface area contributed by atoms with E-state index in [2.05, 4.69) is 4.98 Å². The lowest BCUT2D eigenvalue weighted by atomic mass is 10.2. The molecule has 3 rings (SSSR count). The molecule has 2 aromatic carbocycles. The van der Waals surface area contributed by atoms with Crippen LogP contribution in [0.3, 0.4) is 0 Å². The fourth-order valence-electron chi connectivity index (χ4n) is 2.34. The van der Waals surface area contributed by atoms with Crippen molar-refractivity contribution in [2.75, 3.05) is 0 Å². The highest BCUT2D eigenvalue weighted by atomic mass is 19.4. The monoisotopic (exact) mass is 345 g/mol. The van der Waals surface area contributed by atoms with E-state index in [0.717, 1.165) is 4.57 Å². The molecule has 25 heavy (non-hydrogen) atoms. The minimum atomic E-state index is -4.70. The molecular formula is C17H10F3N3O2. The zero-order chi connectivity index (χ0) is 18.0. The standard InChI is InChI=1S/C17H10F3N3O2/c18-17(19,20)16-22-13-3-1-2-4-14(13)23(16)10-15(24)25-12-7-5-11(9-21)6-8-12/h1-8H,10H2. The van der Waals surface area contributed by atoms with Crippen LogP contribution in [0.1, 0.15) is 11.4 Å². The van der Waals surface area contributed by atoms with E-state index in [1.807, 2.05) is 6.07 Å². The van der Waals surface area contributed by atoms with Gasteiger partial charge in [-0.05, 0) is 36.4 Å². The number of para-hydroxylation sites is 2. The fourth-order valence-corrected chi connectivity index (χ4v) is 2.34. The van der Waals surface area contributed by atoms with E-state index in [-0.39, 0.29) is 16.8 Å². The molecule has 0 bridgehead atoms. The molecule has 0 fully saturated rings. The van der Waals surface area contributed by atoms with Crippen LogP contribution < -0.4 is 4.74 Å². The normalized spacial score (nSPS) is 11.3. The molecule has 0 aliphatic carbocycles. The van der Waals surface area contributed by atoms with Crippen molar-refractivity contribution < 1.29 is 22.7 Å². The van der Waals surface area contributed by atoms with Crippen LogP contribution in [0.5, 0.6) is 5.75 Å². The quantitative estimate of drug-likeness (QED) is 0.538. The Morgan fingerprint density at radius 1 is 1.16 bits per heavy atom. The first-order chi connectivity index (χ1) is 11.9. The van der Waals surface area contributed by atoms with Crippen LogP contribution >= 0.6 is 0 Å². The molecule has 0 aliphatic heterocycles. The zero-order valence-corrected chi connectivity index (χ0v) is 12.6. The maximum Gasteiger partial charge on any atom is 0.449 e. The number of esters is 1. The van der Waals surface area contributed by atoms with Crippen molar-refractivity contribution in [2.45, 2.75) is 12.7 Å². The lowest BCUT2D eigenvalue weighted by molar-refractivity contribution is -0.148. The van der Waals surface area contributed by atoms with Crippen molar-refractivity contribution in [1.82, 2.24) is 9.55 Å². The number of carbonyl (C=O) groups excluding carboxylic acids is 1. The Bertz CT molecular complexity index is 969. The molecule has 0 unspecified atom stereocenters. The number of nitriles is 1. The third kappa shape index (κ3) is 3.45. The van der Waals surface area contributed by atoms with Gasteiger partial charge >= 0.3 is 12.1 Å². The molecule has 0 aliphatic rings. The molecule has 0 atom stereocenters. The van der Waals surface area contributed by atoms with Crippen molar-refractivity contribution in [2.24, 2.45) is 0 Å². The van der Waals surface area contributed by atoms with E-state index < -0.39 is 24.5 Å². The van der Waals surface area contributed by atoms with E-state index >= 15 is 0 Å². The van der Waals surface area contributed by atoms with Crippen LogP contribution in [0.2, 0.25) is 0 Å². The highest BCUT2D eigenvalue weighted by molar-refractivity contribution is 5.79. The van der Waals surface area contributed by atoms with Gasteiger partial charge in [0.05, 0.1) is 22.7 Å². The lowest BCUT2D eigenvalue weighted by Gasteiger charge is -2.11. The molecule has 3 aromatic rings. The van der Waals surface area contributed by atoms with Crippen LogP contribution in [0.15, 0.2) is 48.5 Å². The molecule has 0 amide bonds. The third-order valence-corrected chi connectivity index (χ3v) is 3.41. The van der Waals surface area contributed by atoms with Gasteiger partial charge in [0.25, 0.3) is 0 Å². The second-order valence-electron chi connectivity index (χ2n) is 5.12. The number of hydrogen-bond acceptors (Lipinski definition) is 4. The first kappa shape index (κ1) is 16.5. The number of imidazole rings is 1. The Morgan fingerprint density at radius 3 is 2.48 bits per heavy atom. The van der Waals surface area contributed by atoms with Crippen LogP contribution in [0.4, 0.5) is 13.2 Å². The summed E-state index contributed by atoms with van der Waals surface area (Å²) in [5.74, 6) is -1.90. The Kier molecular flexibility index (Phi) is 4.15. The van der Waals surface area contributed by atoms with Crippen LogP contribution in [-0.2, 0) is 17.5 Å². The average Bonchev–Trinajstić information content (AvgIpc) is 2.94. The maximum atomic E-state index is 13.2. The number of benzene rings is 2. The van der Waals surface area contributed by atoms with Gasteiger partial charge in [-0.25, -0.2) is 9.78 Å². The average molecular weight is 345 g/mol. The summed E-state index contributed by atoms with van der Waals surface area (Å²) >= 11 is 0.